The van der Waals surface area contributed by atoms with Crippen molar-refractivity contribution in [3.63, 3.8) is 0 Å². The highest BCUT2D eigenvalue weighted by Gasteiger charge is 2.50. The monoisotopic (exact) mass is 474 g/mol. The van der Waals surface area contributed by atoms with Crippen LogP contribution in [0.25, 0.3) is 11.3 Å². The molecule has 0 radical (unpaired) electrons. The lowest BCUT2D eigenvalue weighted by molar-refractivity contribution is -0.181. The van der Waals surface area contributed by atoms with Gasteiger partial charge in [0.15, 0.2) is 0 Å². The van der Waals surface area contributed by atoms with Crippen LogP contribution in [0.4, 0.5) is 24.9 Å². The van der Waals surface area contributed by atoms with Crippen molar-refractivity contribution < 1.29 is 22.5 Å². The molecule has 0 aliphatic heterocycles. The maximum absolute atomic E-state index is 13.2. The largest absolute Gasteiger partial charge is 0.399 e. The van der Waals surface area contributed by atoms with E-state index in [-0.39, 0.29) is 29.0 Å². The molecule has 180 valence electrons. The van der Waals surface area contributed by atoms with E-state index in [1.807, 2.05) is 13.8 Å². The van der Waals surface area contributed by atoms with Crippen molar-refractivity contribution in [2.45, 2.75) is 58.2 Å². The first kappa shape index (κ1) is 24.8. The van der Waals surface area contributed by atoms with Crippen LogP contribution >= 0.6 is 0 Å². The summed E-state index contributed by atoms with van der Waals surface area (Å²) in [6.07, 6.45) is -4.53. The second-order valence-corrected chi connectivity index (χ2v) is 8.79. The van der Waals surface area contributed by atoms with Gasteiger partial charge in [-0.15, -0.1) is 0 Å². The fourth-order valence-electron chi connectivity index (χ4n) is 3.24. The lowest BCUT2D eigenvalue weighted by Crippen LogP contribution is -2.36. The molecule has 0 saturated heterocycles. The van der Waals surface area contributed by atoms with E-state index < -0.39 is 23.4 Å². The van der Waals surface area contributed by atoms with Crippen LogP contribution in [0.5, 0.6) is 0 Å². The highest BCUT2D eigenvalue weighted by Crippen LogP contribution is 2.40. The third-order valence-electron chi connectivity index (χ3n) is 5.73. The Hall–Kier alpha value is -3.81. The van der Waals surface area contributed by atoms with Crippen LogP contribution < -0.4 is 11.1 Å². The van der Waals surface area contributed by atoms with Crippen molar-refractivity contribution in [2.75, 3.05) is 11.1 Å². The third-order valence-corrected chi connectivity index (χ3v) is 5.73. The van der Waals surface area contributed by atoms with Crippen LogP contribution in [0.2, 0.25) is 0 Å². The van der Waals surface area contributed by atoms with Crippen molar-refractivity contribution in [1.29, 1.82) is 5.26 Å². The average Bonchev–Trinajstić information content (AvgIpc) is 3.37. The van der Waals surface area contributed by atoms with Crippen LogP contribution in [-0.2, 0) is 10.2 Å². The summed E-state index contributed by atoms with van der Waals surface area (Å²) in [5.41, 5.74) is 5.51. The Morgan fingerprint density at radius 2 is 1.82 bits per heavy atom. The number of anilines is 2. The summed E-state index contributed by atoms with van der Waals surface area (Å²) in [4.78, 5) is 12.7. The normalized spacial score (nSPS) is 13.1. The number of nitrogens with one attached hydrogen (secondary N) is 1. The molecular formula is C23H25F3N6O2. The molecule has 3 aromatic rings. The van der Waals surface area contributed by atoms with E-state index in [9.17, 15) is 23.2 Å². The smallest absolute Gasteiger partial charge is 0.383 e. The van der Waals surface area contributed by atoms with E-state index in [1.165, 1.54) is 0 Å². The lowest BCUT2D eigenvalue weighted by Gasteiger charge is -2.24. The summed E-state index contributed by atoms with van der Waals surface area (Å²) in [6.45, 7) is 7.42. The molecule has 3 N–H and O–H groups in total. The number of nitriles is 1. The van der Waals surface area contributed by atoms with Gasteiger partial charge in [-0.05, 0) is 40.2 Å². The maximum atomic E-state index is 13.2. The van der Waals surface area contributed by atoms with Gasteiger partial charge in [0.1, 0.15) is 34.3 Å². The van der Waals surface area contributed by atoms with Crippen LogP contribution in [-0.4, -0.2) is 27.0 Å². The molecule has 8 nitrogen and oxygen atoms in total. The number of amides is 1. The van der Waals surface area contributed by atoms with Crippen LogP contribution in [0.1, 0.15) is 63.4 Å². The van der Waals surface area contributed by atoms with Gasteiger partial charge >= 0.3 is 6.18 Å². The summed E-state index contributed by atoms with van der Waals surface area (Å²) < 4.78 is 46.1. The third kappa shape index (κ3) is 4.48. The number of alkyl halides is 3. The Balaban J connectivity index is 1.77. The molecule has 3 rings (SSSR count). The molecule has 11 heteroatoms. The number of nitrogens with two attached hydrogens (primary N) is 1. The van der Waals surface area contributed by atoms with Gasteiger partial charge in [0, 0.05) is 17.7 Å². The van der Waals surface area contributed by atoms with Gasteiger partial charge in [-0.25, -0.2) is 4.68 Å². The quantitative estimate of drug-likeness (QED) is 0.509. The standard InChI is InChI=1S/C23H25F3N6O2/c1-12(2)32-20(28)16(11-27)19(30-32)15-8-6-14(7-9-15)13(3)21(33)29-18-10-17(31-34-18)22(4,5)23(24,25)26/h6-10,12-13H,28H2,1-5H3,(H,29,33). The van der Waals surface area contributed by atoms with E-state index >= 15 is 0 Å². The van der Waals surface area contributed by atoms with Gasteiger partial charge in [-0.3, -0.25) is 10.1 Å². The number of carbonyl (C=O) groups excluding carboxylic acids is 1. The molecule has 0 spiro atoms. The number of hydrogen-bond donors (Lipinski definition) is 2. The highest BCUT2D eigenvalue weighted by atomic mass is 19.4. The van der Waals surface area contributed by atoms with Crippen LogP contribution in [0, 0.1) is 11.3 Å². The zero-order valence-electron chi connectivity index (χ0n) is 19.4. The van der Waals surface area contributed by atoms with Gasteiger partial charge < -0.3 is 10.3 Å². The molecule has 0 fully saturated rings. The molecule has 2 aromatic heterocycles. The molecule has 0 saturated carbocycles. The van der Waals surface area contributed by atoms with E-state index in [4.69, 9.17) is 10.3 Å². The first-order chi connectivity index (χ1) is 15.8. The Labute approximate surface area is 194 Å². The van der Waals surface area contributed by atoms with Crippen molar-refractivity contribution in [1.82, 2.24) is 14.9 Å². The Bertz CT molecular complexity index is 1230. The van der Waals surface area contributed by atoms with E-state index in [0.717, 1.165) is 19.9 Å². The van der Waals surface area contributed by atoms with Crippen molar-refractivity contribution >= 4 is 17.6 Å². The SMILES string of the molecule is CC(C(=O)Nc1cc(C(C)(C)C(F)(F)F)no1)c1ccc(-c2nn(C(C)C)c(N)c2C#N)cc1. The average molecular weight is 474 g/mol. The fourth-order valence-corrected chi connectivity index (χ4v) is 3.24. The fraction of sp³-hybridized carbons (Fsp3) is 0.391. The van der Waals surface area contributed by atoms with Gasteiger partial charge in [0.05, 0.1) is 5.92 Å². The van der Waals surface area contributed by atoms with E-state index in [2.05, 4.69) is 21.6 Å². The van der Waals surface area contributed by atoms with Gasteiger partial charge in [0.2, 0.25) is 11.8 Å². The summed E-state index contributed by atoms with van der Waals surface area (Å²) >= 11 is 0. The molecule has 0 aliphatic rings. The number of benzene rings is 1. The summed E-state index contributed by atoms with van der Waals surface area (Å²) in [6, 6.07) is 10.0. The number of nitrogen functional groups attached to an aromatic ring is 1. The molecule has 1 unspecified atom stereocenters. The number of hydrogen-bond acceptors (Lipinski definition) is 6. The minimum atomic E-state index is -4.53. The number of halogens is 3. The highest BCUT2D eigenvalue weighted by molar-refractivity contribution is 5.94. The van der Waals surface area contributed by atoms with Crippen LogP contribution in [0.15, 0.2) is 34.9 Å². The summed E-state index contributed by atoms with van der Waals surface area (Å²) in [7, 11) is 0. The molecule has 0 bridgehead atoms. The van der Waals surface area contributed by atoms with E-state index in [1.54, 1.807) is 35.9 Å². The van der Waals surface area contributed by atoms with Crippen molar-refractivity contribution in [2.24, 2.45) is 0 Å². The molecule has 1 amide bonds. The predicted molar refractivity (Wildman–Crippen MR) is 120 cm³/mol. The minimum absolute atomic E-state index is 0.0258. The van der Waals surface area contributed by atoms with E-state index in [0.29, 0.717) is 16.8 Å². The topological polar surface area (TPSA) is 123 Å². The number of carbonyl (C=O) groups is 1. The number of aromatic nitrogens is 3. The first-order valence-electron chi connectivity index (χ1n) is 10.5. The molecule has 1 aromatic carbocycles. The van der Waals surface area contributed by atoms with Crippen LogP contribution in [0.3, 0.4) is 0 Å². The second-order valence-electron chi connectivity index (χ2n) is 8.79. The summed E-state index contributed by atoms with van der Waals surface area (Å²) in [5.74, 6) is -1.02. The van der Waals surface area contributed by atoms with Crippen molar-refractivity contribution in [3.05, 3.63) is 47.2 Å². The predicted octanol–water partition coefficient (Wildman–Crippen LogP) is 5.15. The minimum Gasteiger partial charge on any atom is -0.383 e. The van der Waals surface area contributed by atoms with Crippen molar-refractivity contribution in [3.8, 4) is 17.3 Å². The molecule has 0 aliphatic carbocycles. The number of rotatable bonds is 6. The lowest BCUT2D eigenvalue weighted by atomic mass is 9.89. The zero-order chi connectivity index (χ0) is 25.4. The summed E-state index contributed by atoms with van der Waals surface area (Å²) in [5, 5.41) is 19.9. The molecular weight excluding hydrogens is 449 g/mol. The Morgan fingerprint density at radius 3 is 2.35 bits per heavy atom. The first-order valence-corrected chi connectivity index (χ1v) is 10.5. The van der Waals surface area contributed by atoms with Gasteiger partial charge in [-0.2, -0.15) is 23.5 Å². The maximum Gasteiger partial charge on any atom is 0.399 e. The Morgan fingerprint density at radius 1 is 1.21 bits per heavy atom. The zero-order valence-corrected chi connectivity index (χ0v) is 19.4. The van der Waals surface area contributed by atoms with Gasteiger partial charge in [-0.1, -0.05) is 29.4 Å². The van der Waals surface area contributed by atoms with Gasteiger partial charge in [0.25, 0.3) is 0 Å². The molecule has 1 atom stereocenters. The Kier molecular flexibility index (Phi) is 6.46. The number of nitrogens with zero attached hydrogens (tertiary/aromatic N) is 4. The molecule has 2 heterocycles. The molecule has 34 heavy (non-hydrogen) atoms. The second kappa shape index (κ2) is 8.85.